The monoisotopic (exact) mass is 220 g/mol. The first-order valence-corrected chi connectivity index (χ1v) is 6.19. The average Bonchev–Trinajstić information content (AvgIpc) is 2.71. The molecule has 1 heterocycles. The van der Waals surface area contributed by atoms with E-state index < -0.39 is 0 Å². The van der Waals surface area contributed by atoms with Gasteiger partial charge in [-0.2, -0.15) is 0 Å². The number of benzene rings is 1. The Kier molecular flexibility index (Phi) is 5.03. The summed E-state index contributed by atoms with van der Waals surface area (Å²) in [6.45, 7) is 8.48. The lowest BCUT2D eigenvalue weighted by molar-refractivity contribution is 0.577. The summed E-state index contributed by atoms with van der Waals surface area (Å²) < 4.78 is 0. The van der Waals surface area contributed by atoms with Crippen LogP contribution in [0.2, 0.25) is 0 Å². The molecular weight excluding hydrogens is 196 g/mol. The molecule has 0 radical (unpaired) electrons. The molecule has 1 aromatic heterocycles. The zero-order chi connectivity index (χ0) is 12.0. The van der Waals surface area contributed by atoms with Crippen LogP contribution in [0.1, 0.15) is 41.4 Å². The van der Waals surface area contributed by atoms with Gasteiger partial charge in [0, 0.05) is 7.85 Å². The highest BCUT2D eigenvalue weighted by atomic mass is 14.9. The topological polar surface area (TPSA) is 28.7 Å². The van der Waals surface area contributed by atoms with E-state index in [1.165, 1.54) is 6.42 Å². The van der Waals surface area contributed by atoms with Gasteiger partial charge < -0.3 is 4.98 Å². The standard InChI is InChI=1S/C12H16N2.C2H6.H2/c1-9(2)7-8-12-13-10-5-3-4-6-11(10)14-12;1-2;/h3-6,9H,7-8H2,1-2H3,(H,13,14);1-2H3;1H. The van der Waals surface area contributed by atoms with Crippen molar-refractivity contribution in [2.24, 2.45) is 5.92 Å². The SMILES string of the molecule is CC.CC(C)CCc1nc2ccccc2[nH]1.[HH]. The lowest BCUT2D eigenvalue weighted by atomic mass is 10.1. The Morgan fingerprint density at radius 2 is 1.94 bits per heavy atom. The predicted octanol–water partition coefficient (Wildman–Crippen LogP) is 4.42. The summed E-state index contributed by atoms with van der Waals surface area (Å²) >= 11 is 0. The Hall–Kier alpha value is -1.31. The summed E-state index contributed by atoms with van der Waals surface area (Å²) in [6, 6.07) is 8.17. The fourth-order valence-electron chi connectivity index (χ4n) is 1.55. The van der Waals surface area contributed by atoms with E-state index in [-0.39, 0.29) is 1.43 Å². The first kappa shape index (κ1) is 12.8. The second-order valence-corrected chi connectivity index (χ2v) is 4.13. The number of imidazole rings is 1. The highest BCUT2D eigenvalue weighted by molar-refractivity contribution is 5.74. The van der Waals surface area contributed by atoms with Crippen molar-refractivity contribution in [3.05, 3.63) is 30.1 Å². The van der Waals surface area contributed by atoms with Crippen LogP contribution in [0.3, 0.4) is 0 Å². The van der Waals surface area contributed by atoms with Crippen LogP contribution >= 0.6 is 0 Å². The molecule has 2 heteroatoms. The number of H-pyrrole nitrogens is 1. The molecule has 0 fully saturated rings. The number of aromatic amines is 1. The highest BCUT2D eigenvalue weighted by Gasteiger charge is 2.02. The zero-order valence-corrected chi connectivity index (χ0v) is 10.7. The molecule has 0 saturated heterocycles. The molecule has 0 atom stereocenters. The molecule has 0 unspecified atom stereocenters. The maximum atomic E-state index is 4.53. The normalized spacial score (nSPS) is 10.3. The Labute approximate surface area is 99.6 Å². The van der Waals surface area contributed by atoms with E-state index in [9.17, 15) is 0 Å². The Morgan fingerprint density at radius 3 is 2.56 bits per heavy atom. The van der Waals surface area contributed by atoms with Gasteiger partial charge in [-0.05, 0) is 24.5 Å². The summed E-state index contributed by atoms with van der Waals surface area (Å²) in [4.78, 5) is 7.87. The van der Waals surface area contributed by atoms with Gasteiger partial charge in [-0.1, -0.05) is 39.8 Å². The van der Waals surface area contributed by atoms with E-state index >= 15 is 0 Å². The molecule has 1 N–H and O–H groups in total. The van der Waals surface area contributed by atoms with E-state index in [4.69, 9.17) is 0 Å². The van der Waals surface area contributed by atoms with E-state index in [1.807, 2.05) is 32.0 Å². The highest BCUT2D eigenvalue weighted by Crippen LogP contribution is 2.12. The molecule has 0 amide bonds. The lowest BCUT2D eigenvalue weighted by Crippen LogP contribution is -1.93. The summed E-state index contributed by atoms with van der Waals surface area (Å²) in [5.41, 5.74) is 2.22. The van der Waals surface area contributed by atoms with Crippen molar-refractivity contribution in [1.29, 1.82) is 0 Å². The van der Waals surface area contributed by atoms with E-state index in [1.54, 1.807) is 0 Å². The first-order valence-electron chi connectivity index (χ1n) is 6.19. The fraction of sp³-hybridized carbons (Fsp3) is 0.500. The van der Waals surface area contributed by atoms with E-state index in [2.05, 4.69) is 29.9 Å². The van der Waals surface area contributed by atoms with Gasteiger partial charge in [-0.25, -0.2) is 4.98 Å². The lowest BCUT2D eigenvalue weighted by Gasteiger charge is -2.00. The number of hydrogen-bond donors (Lipinski definition) is 1. The first-order chi connectivity index (χ1) is 7.75. The average molecular weight is 220 g/mol. The minimum absolute atomic E-state index is 0. The smallest absolute Gasteiger partial charge is 0.107 e. The van der Waals surface area contributed by atoms with Crippen molar-refractivity contribution < 1.29 is 1.43 Å². The van der Waals surface area contributed by atoms with Gasteiger partial charge in [0.05, 0.1) is 11.0 Å². The van der Waals surface area contributed by atoms with Gasteiger partial charge in [0.15, 0.2) is 0 Å². The van der Waals surface area contributed by atoms with Crippen LogP contribution < -0.4 is 0 Å². The Bertz CT molecular complexity index is 388. The summed E-state index contributed by atoms with van der Waals surface area (Å²) in [5.74, 6) is 1.85. The second kappa shape index (κ2) is 6.31. The summed E-state index contributed by atoms with van der Waals surface area (Å²) in [6.07, 6.45) is 2.24. The van der Waals surface area contributed by atoms with Crippen molar-refractivity contribution in [2.75, 3.05) is 0 Å². The molecule has 0 saturated carbocycles. The zero-order valence-electron chi connectivity index (χ0n) is 10.7. The number of fused-ring (bicyclic) bond motifs is 1. The number of rotatable bonds is 3. The Balaban J connectivity index is 0.000000811. The molecule has 0 bridgehead atoms. The van der Waals surface area contributed by atoms with Crippen LogP contribution in [-0.2, 0) is 6.42 Å². The number of aromatic nitrogens is 2. The fourth-order valence-corrected chi connectivity index (χ4v) is 1.55. The van der Waals surface area contributed by atoms with Crippen LogP contribution in [0, 0.1) is 5.92 Å². The summed E-state index contributed by atoms with van der Waals surface area (Å²) in [5, 5.41) is 0. The maximum absolute atomic E-state index is 4.53. The molecule has 0 aliphatic rings. The van der Waals surface area contributed by atoms with Gasteiger partial charge in [0.25, 0.3) is 0 Å². The van der Waals surface area contributed by atoms with Gasteiger partial charge in [-0.3, -0.25) is 0 Å². The third-order valence-corrected chi connectivity index (χ3v) is 2.40. The van der Waals surface area contributed by atoms with Crippen molar-refractivity contribution in [2.45, 2.75) is 40.5 Å². The maximum Gasteiger partial charge on any atom is 0.107 e. The molecular formula is C14H24N2. The van der Waals surface area contributed by atoms with Gasteiger partial charge >= 0.3 is 0 Å². The van der Waals surface area contributed by atoms with Crippen LogP contribution in [0.4, 0.5) is 0 Å². The molecule has 16 heavy (non-hydrogen) atoms. The Morgan fingerprint density at radius 1 is 1.25 bits per heavy atom. The third kappa shape index (κ3) is 3.37. The van der Waals surface area contributed by atoms with Crippen molar-refractivity contribution in [3.63, 3.8) is 0 Å². The van der Waals surface area contributed by atoms with E-state index in [0.29, 0.717) is 0 Å². The van der Waals surface area contributed by atoms with Crippen LogP contribution in [-0.4, -0.2) is 9.97 Å². The van der Waals surface area contributed by atoms with Gasteiger partial charge in [-0.15, -0.1) is 0 Å². The molecule has 1 aromatic carbocycles. The number of aryl methyl sites for hydroxylation is 1. The minimum Gasteiger partial charge on any atom is -0.342 e. The van der Waals surface area contributed by atoms with Crippen molar-refractivity contribution in [1.82, 2.24) is 9.97 Å². The van der Waals surface area contributed by atoms with Crippen LogP contribution in [0.25, 0.3) is 11.0 Å². The molecule has 2 nitrogen and oxygen atoms in total. The predicted molar refractivity (Wildman–Crippen MR) is 72.7 cm³/mol. The van der Waals surface area contributed by atoms with Gasteiger partial charge in [0.2, 0.25) is 0 Å². The number of hydrogen-bond acceptors (Lipinski definition) is 1. The van der Waals surface area contributed by atoms with E-state index in [0.717, 1.165) is 29.2 Å². The van der Waals surface area contributed by atoms with Crippen LogP contribution in [0.5, 0.6) is 0 Å². The van der Waals surface area contributed by atoms with Crippen molar-refractivity contribution in [3.8, 4) is 0 Å². The number of para-hydroxylation sites is 2. The third-order valence-electron chi connectivity index (χ3n) is 2.40. The molecule has 2 rings (SSSR count). The van der Waals surface area contributed by atoms with Crippen molar-refractivity contribution >= 4 is 11.0 Å². The summed E-state index contributed by atoms with van der Waals surface area (Å²) in [7, 11) is 0. The largest absolute Gasteiger partial charge is 0.342 e. The number of nitrogens with zero attached hydrogens (tertiary/aromatic N) is 1. The molecule has 0 aliphatic carbocycles. The molecule has 0 aliphatic heterocycles. The minimum atomic E-state index is 0. The van der Waals surface area contributed by atoms with Gasteiger partial charge in [0.1, 0.15) is 5.82 Å². The molecule has 90 valence electrons. The quantitative estimate of drug-likeness (QED) is 0.814. The molecule has 2 aromatic rings. The molecule has 0 spiro atoms. The second-order valence-electron chi connectivity index (χ2n) is 4.13. The van der Waals surface area contributed by atoms with Crippen LogP contribution in [0.15, 0.2) is 24.3 Å². The number of nitrogens with one attached hydrogen (secondary N) is 1.